The maximum atomic E-state index is 12.8. The summed E-state index contributed by atoms with van der Waals surface area (Å²) in [6.07, 6.45) is 0. The summed E-state index contributed by atoms with van der Waals surface area (Å²) in [6.45, 7) is 2.04. The molecule has 3 rings (SSSR count). The third-order valence-electron chi connectivity index (χ3n) is 4.67. The Morgan fingerprint density at radius 1 is 0.778 bits per heavy atom. The van der Waals surface area contributed by atoms with Crippen molar-refractivity contribution >= 4 is 15.7 Å². The minimum Gasteiger partial charge on any atom is -0.497 e. The van der Waals surface area contributed by atoms with Gasteiger partial charge in [0, 0.05) is 37.9 Å². The zero-order valence-corrected chi connectivity index (χ0v) is 16.5. The number of nitrogens with zero attached hydrogens (tertiary/aromatic N) is 2. The van der Waals surface area contributed by atoms with Crippen LogP contribution in [-0.2, 0) is 10.0 Å². The number of piperazine rings is 1. The number of anilines is 1. The number of rotatable bonds is 6. The number of benzene rings is 2. The molecule has 1 aliphatic rings. The van der Waals surface area contributed by atoms with Crippen molar-refractivity contribution in [3.8, 4) is 17.2 Å². The van der Waals surface area contributed by atoms with E-state index in [1.54, 1.807) is 45.6 Å². The Morgan fingerprint density at radius 3 is 1.96 bits per heavy atom. The Bertz CT molecular complexity index is 875. The highest BCUT2D eigenvalue weighted by Gasteiger charge is 2.28. The van der Waals surface area contributed by atoms with Crippen LogP contribution < -0.4 is 19.1 Å². The van der Waals surface area contributed by atoms with Crippen LogP contribution in [0.3, 0.4) is 0 Å². The fraction of sp³-hybridized carbons (Fsp3) is 0.368. The maximum Gasteiger partial charge on any atom is 0.243 e. The summed E-state index contributed by atoms with van der Waals surface area (Å²) in [4.78, 5) is 2.42. The summed E-state index contributed by atoms with van der Waals surface area (Å²) >= 11 is 0. The first-order valence-corrected chi connectivity index (χ1v) is 10.0. The highest BCUT2D eigenvalue weighted by atomic mass is 32.2. The lowest BCUT2D eigenvalue weighted by Gasteiger charge is -2.35. The minimum atomic E-state index is -3.51. The van der Waals surface area contributed by atoms with Gasteiger partial charge in [-0.1, -0.05) is 0 Å². The summed E-state index contributed by atoms with van der Waals surface area (Å²) < 4.78 is 42.9. The van der Waals surface area contributed by atoms with Crippen LogP contribution in [0.2, 0.25) is 0 Å². The van der Waals surface area contributed by atoms with Crippen LogP contribution in [0, 0.1) is 0 Å². The number of hydrogen-bond acceptors (Lipinski definition) is 6. The van der Waals surface area contributed by atoms with Crippen molar-refractivity contribution in [1.29, 1.82) is 0 Å². The summed E-state index contributed by atoms with van der Waals surface area (Å²) in [7, 11) is 1.24. The molecular weight excluding hydrogens is 368 g/mol. The van der Waals surface area contributed by atoms with Crippen molar-refractivity contribution in [2.45, 2.75) is 4.90 Å². The van der Waals surface area contributed by atoms with Gasteiger partial charge in [-0.2, -0.15) is 4.31 Å². The Hall–Kier alpha value is -2.45. The molecule has 27 heavy (non-hydrogen) atoms. The predicted molar refractivity (Wildman–Crippen MR) is 104 cm³/mol. The third-order valence-corrected chi connectivity index (χ3v) is 6.58. The van der Waals surface area contributed by atoms with E-state index in [-0.39, 0.29) is 4.90 Å². The van der Waals surface area contributed by atoms with E-state index in [9.17, 15) is 8.42 Å². The molecule has 0 amide bonds. The average Bonchev–Trinajstić information content (AvgIpc) is 2.73. The maximum absolute atomic E-state index is 12.8. The number of methoxy groups -OCH3 is 3. The molecule has 0 spiro atoms. The molecule has 0 radical (unpaired) electrons. The molecule has 2 aromatic carbocycles. The Morgan fingerprint density at radius 2 is 1.41 bits per heavy atom. The molecule has 1 aliphatic heterocycles. The van der Waals surface area contributed by atoms with Crippen LogP contribution >= 0.6 is 0 Å². The van der Waals surface area contributed by atoms with E-state index in [2.05, 4.69) is 4.90 Å². The van der Waals surface area contributed by atoms with Gasteiger partial charge >= 0.3 is 0 Å². The molecule has 0 aromatic heterocycles. The summed E-state index contributed by atoms with van der Waals surface area (Å²) in [5.74, 6) is 1.96. The van der Waals surface area contributed by atoms with E-state index < -0.39 is 10.0 Å². The van der Waals surface area contributed by atoms with Gasteiger partial charge in [0.2, 0.25) is 10.0 Å². The molecule has 0 atom stereocenters. The molecule has 0 bridgehead atoms. The normalized spacial score (nSPS) is 15.4. The second-order valence-corrected chi connectivity index (χ2v) is 8.04. The van der Waals surface area contributed by atoms with Gasteiger partial charge in [-0.15, -0.1) is 0 Å². The van der Waals surface area contributed by atoms with Gasteiger partial charge in [-0.05, 0) is 36.4 Å². The monoisotopic (exact) mass is 392 g/mol. The van der Waals surface area contributed by atoms with Crippen LogP contribution in [0.1, 0.15) is 0 Å². The van der Waals surface area contributed by atoms with E-state index in [1.807, 2.05) is 18.2 Å². The van der Waals surface area contributed by atoms with E-state index >= 15 is 0 Å². The first-order chi connectivity index (χ1) is 13.0. The van der Waals surface area contributed by atoms with Gasteiger partial charge < -0.3 is 19.1 Å². The molecule has 1 fully saturated rings. The second kappa shape index (κ2) is 8.06. The fourth-order valence-corrected chi connectivity index (χ4v) is 4.53. The number of ether oxygens (including phenoxy) is 3. The van der Waals surface area contributed by atoms with Crippen molar-refractivity contribution in [3.63, 3.8) is 0 Å². The number of hydrogen-bond donors (Lipinski definition) is 0. The van der Waals surface area contributed by atoms with Crippen LogP contribution in [-0.4, -0.2) is 60.2 Å². The van der Waals surface area contributed by atoms with Crippen LogP contribution in [0.25, 0.3) is 0 Å². The fourth-order valence-electron chi connectivity index (χ4n) is 3.11. The van der Waals surface area contributed by atoms with Crippen LogP contribution in [0.15, 0.2) is 47.4 Å². The van der Waals surface area contributed by atoms with Gasteiger partial charge in [0.15, 0.2) is 11.5 Å². The highest BCUT2D eigenvalue weighted by molar-refractivity contribution is 7.89. The first kappa shape index (κ1) is 19.3. The Labute approximate surface area is 160 Å². The first-order valence-electron chi connectivity index (χ1n) is 8.61. The van der Waals surface area contributed by atoms with E-state index in [0.717, 1.165) is 5.69 Å². The molecule has 1 heterocycles. The van der Waals surface area contributed by atoms with Crippen LogP contribution in [0.5, 0.6) is 17.2 Å². The lowest BCUT2D eigenvalue weighted by Crippen LogP contribution is -2.48. The van der Waals surface area contributed by atoms with Crippen molar-refractivity contribution in [3.05, 3.63) is 42.5 Å². The molecule has 0 N–H and O–H groups in total. The van der Waals surface area contributed by atoms with Crippen molar-refractivity contribution < 1.29 is 22.6 Å². The molecule has 7 nitrogen and oxygen atoms in total. The number of sulfonamides is 1. The molecular formula is C19H24N2O5S. The van der Waals surface area contributed by atoms with Crippen molar-refractivity contribution in [2.24, 2.45) is 0 Å². The molecule has 0 unspecified atom stereocenters. The molecule has 146 valence electrons. The van der Waals surface area contributed by atoms with Crippen LogP contribution in [0.4, 0.5) is 5.69 Å². The van der Waals surface area contributed by atoms with Crippen molar-refractivity contribution in [2.75, 3.05) is 52.4 Å². The summed E-state index contributed by atoms with van der Waals surface area (Å²) in [6, 6.07) is 12.2. The third kappa shape index (κ3) is 3.96. The van der Waals surface area contributed by atoms with E-state index in [4.69, 9.17) is 14.2 Å². The average molecular weight is 392 g/mol. The molecule has 2 aromatic rings. The summed E-state index contributed by atoms with van der Waals surface area (Å²) in [5.41, 5.74) is 0.981. The highest BCUT2D eigenvalue weighted by Crippen LogP contribution is 2.32. The lowest BCUT2D eigenvalue weighted by molar-refractivity contribution is 0.354. The Balaban J connectivity index is 1.71. The minimum absolute atomic E-state index is 0.280. The van der Waals surface area contributed by atoms with Gasteiger partial charge in [0.1, 0.15) is 5.75 Å². The smallest absolute Gasteiger partial charge is 0.243 e. The van der Waals surface area contributed by atoms with E-state index in [1.165, 1.54) is 4.31 Å². The van der Waals surface area contributed by atoms with Gasteiger partial charge in [0.25, 0.3) is 0 Å². The summed E-state index contributed by atoms with van der Waals surface area (Å²) in [5, 5.41) is 0. The molecule has 0 aliphatic carbocycles. The largest absolute Gasteiger partial charge is 0.497 e. The molecule has 1 saturated heterocycles. The topological polar surface area (TPSA) is 68.3 Å². The standard InChI is InChI=1S/C19H24N2O5S/c1-24-16-5-7-17(8-6-16)27(22,23)21-12-10-20(11-13-21)15-4-9-18(25-2)19(14-15)26-3/h4-9,14H,10-13H2,1-3H3. The van der Waals surface area contributed by atoms with Crippen molar-refractivity contribution in [1.82, 2.24) is 4.31 Å². The quantitative estimate of drug-likeness (QED) is 0.751. The zero-order chi connectivity index (χ0) is 19.4. The lowest BCUT2D eigenvalue weighted by atomic mass is 10.2. The molecule has 8 heteroatoms. The molecule has 0 saturated carbocycles. The SMILES string of the molecule is COc1ccc(S(=O)(=O)N2CCN(c3ccc(OC)c(OC)c3)CC2)cc1. The van der Waals surface area contributed by atoms with Gasteiger partial charge in [-0.3, -0.25) is 0 Å². The van der Waals surface area contributed by atoms with Gasteiger partial charge in [0.05, 0.1) is 26.2 Å². The Kier molecular flexibility index (Phi) is 5.76. The van der Waals surface area contributed by atoms with E-state index in [0.29, 0.717) is 43.4 Å². The second-order valence-electron chi connectivity index (χ2n) is 6.11. The van der Waals surface area contributed by atoms with Gasteiger partial charge in [-0.25, -0.2) is 8.42 Å². The zero-order valence-electron chi connectivity index (χ0n) is 15.7. The predicted octanol–water partition coefficient (Wildman–Crippen LogP) is 2.22.